The zero-order chi connectivity index (χ0) is 18.9. The average molecular weight is 379 g/mol. The third kappa shape index (κ3) is 5.35. The van der Waals surface area contributed by atoms with Crippen LogP contribution < -0.4 is 9.47 Å². The SMILES string of the molecule is CCOc1cc(/C=N\OCc2cccc([N+](=O)[O-])c2)cc(Cl)c1OCC. The van der Waals surface area contributed by atoms with E-state index < -0.39 is 4.92 Å². The lowest BCUT2D eigenvalue weighted by Gasteiger charge is -2.13. The first-order chi connectivity index (χ1) is 12.5. The number of oxime groups is 1. The number of halogens is 1. The second kappa shape index (κ2) is 9.62. The lowest BCUT2D eigenvalue weighted by atomic mass is 10.2. The van der Waals surface area contributed by atoms with Crippen molar-refractivity contribution in [2.45, 2.75) is 20.5 Å². The number of non-ortho nitro benzene ring substituents is 1. The summed E-state index contributed by atoms with van der Waals surface area (Å²) in [4.78, 5) is 15.5. The van der Waals surface area contributed by atoms with E-state index in [1.165, 1.54) is 18.3 Å². The van der Waals surface area contributed by atoms with Gasteiger partial charge in [0.05, 0.1) is 29.4 Å². The molecule has 0 aliphatic heterocycles. The zero-order valence-electron chi connectivity index (χ0n) is 14.5. The Hall–Kier alpha value is -2.80. The first kappa shape index (κ1) is 19.5. The lowest BCUT2D eigenvalue weighted by Crippen LogP contribution is -2.00. The minimum Gasteiger partial charge on any atom is -0.490 e. The Balaban J connectivity index is 2.06. The van der Waals surface area contributed by atoms with Gasteiger partial charge in [-0.3, -0.25) is 10.1 Å². The van der Waals surface area contributed by atoms with Crippen LogP contribution in [0, 0.1) is 10.1 Å². The molecule has 0 radical (unpaired) electrons. The molecule has 0 aliphatic carbocycles. The number of nitrogens with zero attached hydrogens (tertiary/aromatic N) is 2. The number of hydrogen-bond acceptors (Lipinski definition) is 6. The molecule has 26 heavy (non-hydrogen) atoms. The van der Waals surface area contributed by atoms with E-state index in [1.54, 1.807) is 24.3 Å². The second-order valence-electron chi connectivity index (χ2n) is 5.13. The summed E-state index contributed by atoms with van der Waals surface area (Å²) in [6, 6.07) is 9.63. The van der Waals surface area contributed by atoms with Crippen LogP contribution in [0.4, 0.5) is 5.69 Å². The molecule has 0 saturated heterocycles. The fourth-order valence-corrected chi connectivity index (χ4v) is 2.45. The summed E-state index contributed by atoms with van der Waals surface area (Å²) in [5, 5.41) is 15.1. The minimum absolute atomic E-state index is 0.00901. The van der Waals surface area contributed by atoms with Crippen LogP contribution in [-0.4, -0.2) is 24.4 Å². The number of nitro groups is 1. The molecular weight excluding hydrogens is 360 g/mol. The van der Waals surface area contributed by atoms with Crippen LogP contribution in [0.3, 0.4) is 0 Å². The normalized spacial score (nSPS) is 10.7. The van der Waals surface area contributed by atoms with Crippen LogP contribution in [0.1, 0.15) is 25.0 Å². The first-order valence-electron chi connectivity index (χ1n) is 8.03. The van der Waals surface area contributed by atoms with Crippen molar-refractivity contribution in [3.8, 4) is 11.5 Å². The van der Waals surface area contributed by atoms with Crippen LogP contribution >= 0.6 is 11.6 Å². The summed E-state index contributed by atoms with van der Waals surface area (Å²) >= 11 is 6.23. The van der Waals surface area contributed by atoms with Gasteiger partial charge in [0.25, 0.3) is 5.69 Å². The van der Waals surface area contributed by atoms with Gasteiger partial charge in [0.1, 0.15) is 6.61 Å². The molecule has 0 spiro atoms. The van der Waals surface area contributed by atoms with Crippen molar-refractivity contribution in [3.63, 3.8) is 0 Å². The minimum atomic E-state index is -0.454. The number of rotatable bonds is 9. The molecule has 2 aromatic carbocycles. The van der Waals surface area contributed by atoms with E-state index in [-0.39, 0.29) is 12.3 Å². The van der Waals surface area contributed by atoms with Crippen molar-refractivity contribution < 1.29 is 19.2 Å². The van der Waals surface area contributed by atoms with Gasteiger partial charge < -0.3 is 14.3 Å². The molecule has 7 nitrogen and oxygen atoms in total. The van der Waals surface area contributed by atoms with Crippen molar-refractivity contribution in [3.05, 3.63) is 62.7 Å². The Kier molecular flexibility index (Phi) is 7.23. The van der Waals surface area contributed by atoms with E-state index >= 15 is 0 Å². The second-order valence-corrected chi connectivity index (χ2v) is 5.54. The van der Waals surface area contributed by atoms with Gasteiger partial charge in [-0.15, -0.1) is 0 Å². The average Bonchev–Trinajstić information content (AvgIpc) is 2.62. The van der Waals surface area contributed by atoms with E-state index in [1.807, 2.05) is 13.8 Å². The molecule has 0 aliphatic rings. The molecule has 0 amide bonds. The van der Waals surface area contributed by atoms with Crippen molar-refractivity contribution in [1.29, 1.82) is 0 Å². The fourth-order valence-electron chi connectivity index (χ4n) is 2.18. The lowest BCUT2D eigenvalue weighted by molar-refractivity contribution is -0.384. The van der Waals surface area contributed by atoms with Gasteiger partial charge in [-0.2, -0.15) is 0 Å². The third-order valence-corrected chi connectivity index (χ3v) is 3.53. The Labute approximate surface area is 156 Å². The quantitative estimate of drug-likeness (QED) is 0.362. The van der Waals surface area contributed by atoms with E-state index in [2.05, 4.69) is 5.16 Å². The largest absolute Gasteiger partial charge is 0.490 e. The van der Waals surface area contributed by atoms with Crippen LogP contribution in [0.2, 0.25) is 5.02 Å². The van der Waals surface area contributed by atoms with E-state index in [0.717, 1.165) is 0 Å². The summed E-state index contributed by atoms with van der Waals surface area (Å²) in [5.41, 5.74) is 1.34. The molecule has 0 unspecified atom stereocenters. The Morgan fingerprint density at radius 2 is 1.96 bits per heavy atom. The standard InChI is InChI=1S/C18H19ClN2O5/c1-3-24-17-10-14(9-16(19)18(17)25-4-2)11-20-26-12-13-6-5-7-15(8-13)21(22)23/h5-11H,3-4,12H2,1-2H3/b20-11-. The van der Waals surface area contributed by atoms with Crippen molar-refractivity contribution in [2.24, 2.45) is 5.16 Å². The third-order valence-electron chi connectivity index (χ3n) is 3.25. The van der Waals surface area contributed by atoms with Crippen molar-refractivity contribution in [1.82, 2.24) is 0 Å². The maximum Gasteiger partial charge on any atom is 0.269 e. The zero-order valence-corrected chi connectivity index (χ0v) is 15.2. The highest BCUT2D eigenvalue weighted by Gasteiger charge is 2.11. The monoisotopic (exact) mass is 378 g/mol. The molecule has 8 heteroatoms. The summed E-state index contributed by atoms with van der Waals surface area (Å²) in [6.45, 7) is 4.79. The molecule has 0 heterocycles. The van der Waals surface area contributed by atoms with Gasteiger partial charge in [0, 0.05) is 17.7 Å². The molecule has 0 fully saturated rings. The molecule has 0 bridgehead atoms. The van der Waals surface area contributed by atoms with E-state index in [9.17, 15) is 10.1 Å². The van der Waals surface area contributed by atoms with Crippen LogP contribution in [-0.2, 0) is 11.4 Å². The fraction of sp³-hybridized carbons (Fsp3) is 0.278. The molecule has 0 saturated carbocycles. The smallest absolute Gasteiger partial charge is 0.269 e. The molecule has 2 aromatic rings. The van der Waals surface area contributed by atoms with Crippen molar-refractivity contribution >= 4 is 23.5 Å². The molecule has 138 valence electrons. The number of ether oxygens (including phenoxy) is 2. The van der Waals surface area contributed by atoms with Gasteiger partial charge in [0.15, 0.2) is 11.5 Å². The van der Waals surface area contributed by atoms with Crippen molar-refractivity contribution in [2.75, 3.05) is 13.2 Å². The number of hydrogen-bond donors (Lipinski definition) is 0. The molecule has 0 aromatic heterocycles. The van der Waals surface area contributed by atoms with Crippen LogP contribution in [0.5, 0.6) is 11.5 Å². The highest BCUT2D eigenvalue weighted by molar-refractivity contribution is 6.32. The summed E-state index contributed by atoms with van der Waals surface area (Å²) < 4.78 is 11.0. The van der Waals surface area contributed by atoms with Gasteiger partial charge in [-0.1, -0.05) is 28.9 Å². The topological polar surface area (TPSA) is 83.2 Å². The molecule has 2 rings (SSSR count). The van der Waals surface area contributed by atoms with E-state index in [4.69, 9.17) is 25.9 Å². The highest BCUT2D eigenvalue weighted by Crippen LogP contribution is 2.36. The Bertz CT molecular complexity index is 795. The van der Waals surface area contributed by atoms with Crippen LogP contribution in [0.15, 0.2) is 41.6 Å². The highest BCUT2D eigenvalue weighted by atomic mass is 35.5. The molecular formula is C18H19ClN2O5. The maximum atomic E-state index is 10.8. The van der Waals surface area contributed by atoms with E-state index in [0.29, 0.717) is 40.9 Å². The van der Waals surface area contributed by atoms with Gasteiger partial charge in [0.2, 0.25) is 0 Å². The predicted molar refractivity (Wildman–Crippen MR) is 99.3 cm³/mol. The summed E-state index contributed by atoms with van der Waals surface area (Å²) in [6.07, 6.45) is 1.49. The summed E-state index contributed by atoms with van der Waals surface area (Å²) in [5.74, 6) is 1.02. The number of nitro benzene ring substituents is 1. The maximum absolute atomic E-state index is 10.8. The van der Waals surface area contributed by atoms with Crippen LogP contribution in [0.25, 0.3) is 0 Å². The van der Waals surface area contributed by atoms with Gasteiger partial charge >= 0.3 is 0 Å². The Morgan fingerprint density at radius 3 is 2.65 bits per heavy atom. The van der Waals surface area contributed by atoms with Gasteiger partial charge in [-0.05, 0) is 31.5 Å². The first-order valence-corrected chi connectivity index (χ1v) is 8.40. The number of benzene rings is 2. The van der Waals surface area contributed by atoms with Gasteiger partial charge in [-0.25, -0.2) is 0 Å². The molecule has 0 atom stereocenters. The summed E-state index contributed by atoms with van der Waals surface area (Å²) in [7, 11) is 0. The predicted octanol–water partition coefficient (Wildman–Crippen LogP) is 4.60. The Morgan fingerprint density at radius 1 is 1.19 bits per heavy atom. The molecule has 0 N–H and O–H groups in total.